The van der Waals surface area contributed by atoms with E-state index in [1.807, 2.05) is 0 Å². The maximum absolute atomic E-state index is 13.8. The molecule has 11 heteroatoms. The van der Waals surface area contributed by atoms with Crippen LogP contribution in [-0.2, 0) is 10.2 Å². The lowest BCUT2D eigenvalue weighted by Gasteiger charge is -2.28. The fourth-order valence-corrected chi connectivity index (χ4v) is 6.40. The van der Waals surface area contributed by atoms with Gasteiger partial charge in [0, 0.05) is 22.6 Å². The third-order valence-electron chi connectivity index (χ3n) is 7.23. The summed E-state index contributed by atoms with van der Waals surface area (Å²) in [6.45, 7) is 3.92. The highest BCUT2D eigenvalue weighted by atomic mass is 35.5. The van der Waals surface area contributed by atoms with Gasteiger partial charge in [0.1, 0.15) is 5.82 Å². The van der Waals surface area contributed by atoms with Gasteiger partial charge in [-0.15, -0.1) is 8.78 Å². The molecule has 1 saturated heterocycles. The number of halogens is 4. The molecular formula is C26H23ClF3N3O3S. The zero-order valence-corrected chi connectivity index (χ0v) is 21.3. The van der Waals surface area contributed by atoms with E-state index in [1.54, 1.807) is 18.3 Å². The third-order valence-corrected chi connectivity index (χ3v) is 8.52. The van der Waals surface area contributed by atoms with Gasteiger partial charge >= 0.3 is 6.29 Å². The van der Waals surface area contributed by atoms with Crippen molar-refractivity contribution >= 4 is 34.0 Å². The number of ether oxygens (including phenoxy) is 2. The smallest absolute Gasteiger partial charge is 0.395 e. The number of alkyl halides is 2. The van der Waals surface area contributed by atoms with Crippen molar-refractivity contribution in [2.75, 3.05) is 18.4 Å². The summed E-state index contributed by atoms with van der Waals surface area (Å²) in [5, 5.41) is 3.68. The van der Waals surface area contributed by atoms with Gasteiger partial charge in [-0.25, -0.2) is 9.37 Å². The maximum Gasteiger partial charge on any atom is 0.586 e. The highest BCUT2D eigenvalue weighted by Gasteiger charge is 2.53. The van der Waals surface area contributed by atoms with Gasteiger partial charge in [-0.2, -0.15) is 0 Å². The van der Waals surface area contributed by atoms with Crippen LogP contribution in [0.1, 0.15) is 48.2 Å². The number of hydrogen-bond acceptors (Lipinski definition) is 6. The summed E-state index contributed by atoms with van der Waals surface area (Å²) in [4.78, 5) is 21.0. The van der Waals surface area contributed by atoms with E-state index in [2.05, 4.69) is 31.6 Å². The lowest BCUT2D eigenvalue weighted by atomic mass is 9.94. The summed E-state index contributed by atoms with van der Waals surface area (Å²) in [5.41, 5.74) is 0.532. The second kappa shape index (κ2) is 8.89. The Kier molecular flexibility index (Phi) is 5.89. The molecular weight excluding hydrogens is 527 g/mol. The van der Waals surface area contributed by atoms with Gasteiger partial charge < -0.3 is 14.8 Å². The Morgan fingerprint density at radius 2 is 2.00 bits per heavy atom. The van der Waals surface area contributed by atoms with Crippen molar-refractivity contribution in [3.63, 3.8) is 0 Å². The monoisotopic (exact) mass is 549 g/mol. The molecule has 1 N–H and O–H groups in total. The standard InChI is InChI=1S/C26H23ClF3N3O3S/c1-14-6-9-33(13-14)22(17-4-3-16(28)11-18(17)27)21-12-31-24(37-21)32-23(34)25(7-8-25)15-2-5-19-20(10-15)36-26(29,30)35-19/h2-5,10-12,14,22H,6-9,13H2,1H3,(H,31,32,34)/t14-,22+/m1/s1. The Morgan fingerprint density at radius 3 is 2.70 bits per heavy atom. The summed E-state index contributed by atoms with van der Waals surface area (Å²) in [6, 6.07) is 8.65. The Hall–Kier alpha value is -2.82. The van der Waals surface area contributed by atoms with Crippen LogP contribution in [0.15, 0.2) is 42.6 Å². The molecule has 6 nitrogen and oxygen atoms in total. The summed E-state index contributed by atoms with van der Waals surface area (Å²) in [5.74, 6) is -0.287. The maximum atomic E-state index is 13.8. The number of fused-ring (bicyclic) bond motifs is 1. The molecule has 37 heavy (non-hydrogen) atoms. The van der Waals surface area contributed by atoms with Crippen LogP contribution < -0.4 is 14.8 Å². The first-order chi connectivity index (χ1) is 17.6. The van der Waals surface area contributed by atoms with Crippen LogP contribution in [-0.4, -0.2) is 35.2 Å². The predicted molar refractivity (Wildman–Crippen MR) is 133 cm³/mol. The second-order valence-corrected chi connectivity index (χ2v) is 11.4. The van der Waals surface area contributed by atoms with Gasteiger partial charge in [0.05, 0.1) is 11.5 Å². The first-order valence-corrected chi connectivity index (χ1v) is 13.2. The average molecular weight is 550 g/mol. The van der Waals surface area contributed by atoms with Gasteiger partial charge in [-0.1, -0.05) is 42.0 Å². The number of aromatic nitrogens is 1. The normalized spacial score (nSPS) is 22.1. The van der Waals surface area contributed by atoms with E-state index in [0.29, 0.717) is 34.5 Å². The van der Waals surface area contributed by atoms with Crippen molar-refractivity contribution in [2.45, 2.75) is 43.9 Å². The van der Waals surface area contributed by atoms with Crippen molar-refractivity contribution in [2.24, 2.45) is 5.92 Å². The van der Waals surface area contributed by atoms with Crippen molar-refractivity contribution < 1.29 is 27.4 Å². The molecule has 2 aliphatic heterocycles. The lowest BCUT2D eigenvalue weighted by molar-refractivity contribution is -0.286. The molecule has 2 fully saturated rings. The molecule has 2 atom stereocenters. The Morgan fingerprint density at radius 1 is 1.22 bits per heavy atom. The van der Waals surface area contributed by atoms with Gasteiger partial charge in [-0.3, -0.25) is 9.69 Å². The van der Waals surface area contributed by atoms with Crippen LogP contribution in [0.2, 0.25) is 5.02 Å². The third kappa shape index (κ3) is 4.55. The number of carbonyl (C=O) groups is 1. The molecule has 2 aromatic carbocycles. The number of nitrogens with zero attached hydrogens (tertiary/aromatic N) is 2. The van der Waals surface area contributed by atoms with Crippen LogP contribution in [0.25, 0.3) is 0 Å². The summed E-state index contributed by atoms with van der Waals surface area (Å²) in [6.07, 6.45) is 0.199. The van der Waals surface area contributed by atoms with E-state index in [4.69, 9.17) is 11.6 Å². The second-order valence-electron chi connectivity index (χ2n) is 9.89. The van der Waals surface area contributed by atoms with Crippen molar-refractivity contribution in [3.05, 3.63) is 69.4 Å². The predicted octanol–water partition coefficient (Wildman–Crippen LogP) is 6.36. The van der Waals surface area contributed by atoms with Gasteiger partial charge in [0.2, 0.25) is 5.91 Å². The molecule has 6 rings (SSSR count). The van der Waals surface area contributed by atoms with Gasteiger partial charge in [0.25, 0.3) is 0 Å². The van der Waals surface area contributed by atoms with E-state index < -0.39 is 17.5 Å². The van der Waals surface area contributed by atoms with Crippen LogP contribution in [0.3, 0.4) is 0 Å². The highest BCUT2D eigenvalue weighted by molar-refractivity contribution is 7.15. The van der Waals surface area contributed by atoms with Crippen LogP contribution in [0.4, 0.5) is 18.3 Å². The van der Waals surface area contributed by atoms with Crippen molar-refractivity contribution in [3.8, 4) is 11.5 Å². The van der Waals surface area contributed by atoms with Crippen LogP contribution >= 0.6 is 22.9 Å². The Balaban J connectivity index is 1.24. The Bertz CT molecular complexity index is 1380. The molecule has 3 aliphatic rings. The molecule has 1 amide bonds. The molecule has 3 heterocycles. The fraction of sp³-hybridized carbons (Fsp3) is 0.385. The number of hydrogen-bond donors (Lipinski definition) is 1. The first-order valence-electron chi connectivity index (χ1n) is 12.0. The van der Waals surface area contributed by atoms with Crippen molar-refractivity contribution in [1.82, 2.24) is 9.88 Å². The minimum Gasteiger partial charge on any atom is -0.395 e. The summed E-state index contributed by atoms with van der Waals surface area (Å²) >= 11 is 7.80. The van der Waals surface area contributed by atoms with Gasteiger partial charge in [-0.05, 0) is 67.1 Å². The minimum absolute atomic E-state index is 0.0590. The molecule has 1 aromatic heterocycles. The number of thiazole rings is 1. The SMILES string of the molecule is C[C@@H]1CCN([C@H](c2cnc(NC(=O)C3(c4ccc5c(c4)OC(F)(F)O5)CC3)s2)c2ccc(F)cc2Cl)C1. The molecule has 1 saturated carbocycles. The van der Waals surface area contributed by atoms with E-state index in [9.17, 15) is 18.0 Å². The number of benzene rings is 2. The molecule has 0 radical (unpaired) electrons. The largest absolute Gasteiger partial charge is 0.586 e. The Labute approximate surface area is 220 Å². The fourth-order valence-electron chi connectivity index (χ4n) is 5.16. The average Bonchev–Trinajstić information content (AvgIpc) is 3.16. The molecule has 3 aromatic rings. The number of carbonyl (C=O) groups excluding carboxylic acids is 1. The zero-order valence-electron chi connectivity index (χ0n) is 19.8. The van der Waals surface area contributed by atoms with Crippen molar-refractivity contribution in [1.29, 1.82) is 0 Å². The quantitative estimate of drug-likeness (QED) is 0.388. The number of anilines is 1. The lowest BCUT2D eigenvalue weighted by Crippen LogP contribution is -2.28. The zero-order chi connectivity index (χ0) is 25.9. The number of nitrogens with one attached hydrogen (secondary N) is 1. The van der Waals surface area contributed by atoms with E-state index in [0.717, 1.165) is 30.0 Å². The minimum atomic E-state index is -3.71. The first kappa shape index (κ1) is 24.5. The summed E-state index contributed by atoms with van der Waals surface area (Å²) in [7, 11) is 0. The van der Waals surface area contributed by atoms with E-state index >= 15 is 0 Å². The molecule has 0 unspecified atom stereocenters. The van der Waals surface area contributed by atoms with Crippen LogP contribution in [0.5, 0.6) is 11.5 Å². The highest BCUT2D eigenvalue weighted by Crippen LogP contribution is 2.52. The topological polar surface area (TPSA) is 63.7 Å². The molecule has 0 spiro atoms. The van der Waals surface area contributed by atoms with Crippen LogP contribution in [0, 0.1) is 11.7 Å². The molecule has 0 bridgehead atoms. The van der Waals surface area contributed by atoms with Gasteiger partial charge in [0.15, 0.2) is 16.6 Å². The van der Waals surface area contributed by atoms with E-state index in [1.165, 1.54) is 35.6 Å². The number of rotatable bonds is 6. The summed E-state index contributed by atoms with van der Waals surface area (Å²) < 4.78 is 49.7. The molecule has 1 aliphatic carbocycles. The number of amides is 1. The molecule has 194 valence electrons. The van der Waals surface area contributed by atoms with E-state index in [-0.39, 0.29) is 23.4 Å². The number of likely N-dealkylation sites (tertiary alicyclic amines) is 1.